The number of amides is 1. The van der Waals surface area contributed by atoms with Crippen molar-refractivity contribution in [1.82, 2.24) is 24.8 Å². The van der Waals surface area contributed by atoms with Gasteiger partial charge < -0.3 is 19.5 Å². The number of halogens is 2. The predicted octanol–water partition coefficient (Wildman–Crippen LogP) is 7.31. The second-order valence-electron chi connectivity index (χ2n) is 10.6. The molecule has 214 valence electrons. The normalized spacial score (nSPS) is 14.3. The van der Waals surface area contributed by atoms with Gasteiger partial charge in [-0.1, -0.05) is 53.5 Å². The number of likely N-dealkylation sites (tertiary alicyclic amines) is 1. The van der Waals surface area contributed by atoms with Gasteiger partial charge in [0.25, 0.3) is 0 Å². The van der Waals surface area contributed by atoms with Gasteiger partial charge in [0.15, 0.2) is 0 Å². The Morgan fingerprint density at radius 3 is 2.50 bits per heavy atom. The fourth-order valence-electron chi connectivity index (χ4n) is 5.63. The van der Waals surface area contributed by atoms with Crippen LogP contribution in [0.25, 0.3) is 22.0 Å². The molecule has 1 saturated heterocycles. The first kappa shape index (κ1) is 28.2. The van der Waals surface area contributed by atoms with E-state index in [4.69, 9.17) is 32.9 Å². The molecule has 1 aliphatic rings. The molecule has 1 aliphatic heterocycles. The molecule has 3 heterocycles. The van der Waals surface area contributed by atoms with E-state index in [1.807, 2.05) is 72.4 Å². The maximum absolute atomic E-state index is 12.7. The zero-order chi connectivity index (χ0) is 29.1. The Bertz CT molecular complexity index is 1710. The number of aryl methyl sites for hydroxylation is 1. The highest BCUT2D eigenvalue weighted by molar-refractivity contribution is 6.31. The fraction of sp³-hybridized carbons (Fsp3) is 0.242. The molecule has 7 nitrogen and oxygen atoms in total. The number of benzene rings is 3. The van der Waals surface area contributed by atoms with Crippen LogP contribution in [0.2, 0.25) is 10.0 Å². The van der Waals surface area contributed by atoms with E-state index in [-0.39, 0.29) is 11.8 Å². The van der Waals surface area contributed by atoms with Crippen LogP contribution in [-0.4, -0.2) is 51.7 Å². The number of nitrogens with one attached hydrogen (secondary N) is 1. The molecule has 1 fully saturated rings. The van der Waals surface area contributed by atoms with Crippen LogP contribution in [0.1, 0.15) is 35.6 Å². The number of aromatic nitrogens is 3. The molecule has 0 radical (unpaired) electrons. The number of imidazole rings is 1. The molecule has 0 spiro atoms. The molecule has 2 aromatic heterocycles. The first-order chi connectivity index (χ1) is 20.4. The monoisotopic (exact) mass is 599 g/mol. The number of ether oxygens (including phenoxy) is 1. The highest BCUT2D eigenvalue weighted by Crippen LogP contribution is 2.38. The molecule has 0 bridgehead atoms. The summed E-state index contributed by atoms with van der Waals surface area (Å²) in [7, 11) is 1.99. The van der Waals surface area contributed by atoms with Gasteiger partial charge in [-0.25, -0.2) is 14.8 Å². The zero-order valence-corrected chi connectivity index (χ0v) is 24.8. The van der Waals surface area contributed by atoms with E-state index in [9.17, 15) is 4.79 Å². The number of nitrogens with zero attached hydrogens (tertiary/aromatic N) is 4. The quantitative estimate of drug-likeness (QED) is 0.202. The van der Waals surface area contributed by atoms with Gasteiger partial charge in [0.1, 0.15) is 0 Å². The van der Waals surface area contributed by atoms with Crippen LogP contribution in [0.15, 0.2) is 85.3 Å². The van der Waals surface area contributed by atoms with Gasteiger partial charge in [-0.15, -0.1) is 0 Å². The van der Waals surface area contributed by atoms with Crippen molar-refractivity contribution >= 4 is 40.2 Å². The molecule has 0 aliphatic carbocycles. The lowest BCUT2D eigenvalue weighted by atomic mass is 9.87. The molecule has 5 aromatic rings. The summed E-state index contributed by atoms with van der Waals surface area (Å²) >= 11 is 12.6. The topological polar surface area (TPSA) is 72.3 Å². The molecule has 9 heteroatoms. The van der Waals surface area contributed by atoms with Crippen LogP contribution in [0.3, 0.4) is 0 Å². The number of hydrogen-bond acceptors (Lipinski definition) is 5. The molecule has 6 rings (SSSR count). The third-order valence-corrected chi connectivity index (χ3v) is 8.21. The highest BCUT2D eigenvalue weighted by atomic mass is 35.5. The number of rotatable bonds is 8. The molecule has 1 N–H and O–H groups in total. The van der Waals surface area contributed by atoms with E-state index in [0.717, 1.165) is 53.0 Å². The first-order valence-corrected chi connectivity index (χ1v) is 14.8. The lowest BCUT2D eigenvalue weighted by molar-refractivity contribution is 0.196. The summed E-state index contributed by atoms with van der Waals surface area (Å²) in [5, 5.41) is 5.07. The van der Waals surface area contributed by atoms with Crippen molar-refractivity contribution in [2.24, 2.45) is 7.05 Å². The van der Waals surface area contributed by atoms with Crippen LogP contribution in [0.5, 0.6) is 5.88 Å². The van der Waals surface area contributed by atoms with Crippen molar-refractivity contribution in [3.63, 3.8) is 0 Å². The van der Waals surface area contributed by atoms with Crippen molar-refractivity contribution in [3.05, 3.63) is 112 Å². The minimum Gasteiger partial charge on any atom is -0.391 e. The number of fused-ring (bicyclic) bond motifs is 1. The minimum absolute atomic E-state index is 0.0938. The zero-order valence-electron chi connectivity index (χ0n) is 23.3. The summed E-state index contributed by atoms with van der Waals surface area (Å²) in [6.07, 6.45) is 5.59. The molecule has 1 unspecified atom stereocenters. The molecule has 0 saturated carbocycles. The molecule has 42 heavy (non-hydrogen) atoms. The maximum Gasteiger partial charge on any atom is 0.413 e. The summed E-state index contributed by atoms with van der Waals surface area (Å²) in [4.78, 5) is 24.1. The SMILES string of the molecule is Cn1cncc1C(c1ccc(Cl)cc1)c1ccc2nc(OC(=O)NCCN3CCCC3)cc(-c3cccc(Cl)c3)c2c1. The smallest absolute Gasteiger partial charge is 0.391 e. The largest absolute Gasteiger partial charge is 0.413 e. The van der Waals surface area contributed by atoms with Gasteiger partial charge in [-0.05, 0) is 84.6 Å². The number of carbonyl (C=O) groups excluding carboxylic acids is 1. The van der Waals surface area contributed by atoms with E-state index in [2.05, 4.69) is 27.3 Å². The average Bonchev–Trinajstić information content (AvgIpc) is 3.66. The van der Waals surface area contributed by atoms with Gasteiger partial charge >= 0.3 is 6.09 Å². The molecular formula is C33H31Cl2N5O2. The Hall–Kier alpha value is -3.91. The average molecular weight is 601 g/mol. The van der Waals surface area contributed by atoms with Crippen molar-refractivity contribution in [3.8, 4) is 17.0 Å². The van der Waals surface area contributed by atoms with Crippen LogP contribution in [0.4, 0.5) is 4.79 Å². The molecular weight excluding hydrogens is 569 g/mol. The first-order valence-electron chi connectivity index (χ1n) is 14.0. The van der Waals surface area contributed by atoms with Gasteiger partial charge in [0.2, 0.25) is 5.88 Å². The standard InChI is InChI=1S/C33H31Cl2N5O2/c1-39-21-36-20-30(39)32(22-7-10-25(34)11-8-22)24-9-12-29-28(18-24)27(23-5-4-6-26(35)17-23)19-31(38-29)42-33(41)37-13-16-40-14-2-3-15-40/h4-12,17-21,32H,2-3,13-16H2,1H3,(H,37,41). The van der Waals surface area contributed by atoms with E-state index in [0.29, 0.717) is 22.1 Å². The highest BCUT2D eigenvalue weighted by Gasteiger charge is 2.22. The van der Waals surface area contributed by atoms with E-state index in [1.54, 1.807) is 12.4 Å². The summed E-state index contributed by atoms with van der Waals surface area (Å²) in [5.74, 6) is 0.133. The van der Waals surface area contributed by atoms with Gasteiger partial charge in [0.05, 0.1) is 17.8 Å². The van der Waals surface area contributed by atoms with Crippen LogP contribution in [-0.2, 0) is 7.05 Å². The third-order valence-electron chi connectivity index (χ3n) is 7.72. The Morgan fingerprint density at radius 2 is 1.76 bits per heavy atom. The Kier molecular flexibility index (Phi) is 8.42. The Morgan fingerprint density at radius 1 is 0.976 bits per heavy atom. The Labute approximate surface area is 255 Å². The van der Waals surface area contributed by atoms with Crippen molar-refractivity contribution in [2.75, 3.05) is 26.2 Å². The lowest BCUT2D eigenvalue weighted by Crippen LogP contribution is -2.35. The summed E-state index contributed by atoms with van der Waals surface area (Å²) in [6.45, 7) is 3.49. The summed E-state index contributed by atoms with van der Waals surface area (Å²) in [6, 6.07) is 23.5. The van der Waals surface area contributed by atoms with Crippen molar-refractivity contribution in [1.29, 1.82) is 0 Å². The minimum atomic E-state index is -0.520. The van der Waals surface area contributed by atoms with Crippen LogP contribution in [0, 0.1) is 0 Å². The second-order valence-corrected chi connectivity index (χ2v) is 11.4. The number of pyridine rings is 1. The molecule has 1 atom stereocenters. The van der Waals surface area contributed by atoms with Crippen molar-refractivity contribution in [2.45, 2.75) is 18.8 Å². The van der Waals surface area contributed by atoms with Crippen LogP contribution >= 0.6 is 23.2 Å². The summed E-state index contributed by atoms with van der Waals surface area (Å²) in [5.41, 5.74) is 5.66. The van der Waals surface area contributed by atoms with Crippen LogP contribution < -0.4 is 10.1 Å². The van der Waals surface area contributed by atoms with Gasteiger partial charge in [-0.3, -0.25) is 0 Å². The lowest BCUT2D eigenvalue weighted by Gasteiger charge is -2.20. The van der Waals surface area contributed by atoms with E-state index < -0.39 is 6.09 Å². The van der Waals surface area contributed by atoms with Gasteiger partial charge in [-0.2, -0.15) is 0 Å². The summed E-state index contributed by atoms with van der Waals surface area (Å²) < 4.78 is 7.70. The Balaban J connectivity index is 1.38. The fourth-order valence-corrected chi connectivity index (χ4v) is 5.95. The number of carbonyl (C=O) groups is 1. The third kappa shape index (κ3) is 6.28. The molecule has 1 amide bonds. The van der Waals surface area contributed by atoms with E-state index >= 15 is 0 Å². The molecule has 3 aromatic carbocycles. The van der Waals surface area contributed by atoms with Gasteiger partial charge in [0, 0.05) is 53.5 Å². The van der Waals surface area contributed by atoms with Crippen molar-refractivity contribution < 1.29 is 9.53 Å². The van der Waals surface area contributed by atoms with E-state index in [1.165, 1.54) is 12.8 Å². The predicted molar refractivity (Wildman–Crippen MR) is 167 cm³/mol. The second kappa shape index (κ2) is 12.5. The maximum atomic E-state index is 12.7. The number of hydrogen-bond donors (Lipinski definition) is 1.